The van der Waals surface area contributed by atoms with Crippen molar-refractivity contribution in [2.75, 3.05) is 39.3 Å². The van der Waals surface area contributed by atoms with Crippen molar-refractivity contribution in [3.05, 3.63) is 51.5 Å². The van der Waals surface area contributed by atoms with Crippen molar-refractivity contribution in [2.24, 2.45) is 0 Å². The summed E-state index contributed by atoms with van der Waals surface area (Å²) in [6, 6.07) is 9.67. The molecule has 2 saturated heterocycles. The highest BCUT2D eigenvalue weighted by Gasteiger charge is 2.23. The van der Waals surface area contributed by atoms with E-state index in [1.165, 1.54) is 24.2 Å². The van der Waals surface area contributed by atoms with Crippen molar-refractivity contribution in [1.82, 2.24) is 19.8 Å². The van der Waals surface area contributed by atoms with Crippen LogP contribution in [0.4, 0.5) is 0 Å². The Morgan fingerprint density at radius 1 is 1.17 bits per heavy atom. The van der Waals surface area contributed by atoms with E-state index < -0.39 is 0 Å². The third kappa shape index (κ3) is 4.45. The molecule has 5 rings (SSSR count). The number of rotatable bonds is 5. The van der Waals surface area contributed by atoms with Crippen molar-refractivity contribution in [1.29, 1.82) is 0 Å². The zero-order chi connectivity index (χ0) is 20.5. The molecule has 2 aliphatic heterocycles. The standard InChI is InChI=1S/C22H25ClN4O2S/c23-16-5-3-15(4-6-16)19-12-18-21(30-19)22(28)25-20(24-18)14-27-9-7-26(8-10-27)13-17-2-1-11-29-17/h3-6,12,17H,1-2,7-11,13-14H2,(H,24,25,28)/t17-/m0/s1. The SMILES string of the molecule is O=c1[nH]c(CN2CCN(C[C@@H]3CCCO3)CC2)nc2cc(-c3ccc(Cl)cc3)sc12. The quantitative estimate of drug-likeness (QED) is 0.651. The van der Waals surface area contributed by atoms with Gasteiger partial charge in [-0.05, 0) is 36.6 Å². The lowest BCUT2D eigenvalue weighted by molar-refractivity contribution is 0.0484. The minimum Gasteiger partial charge on any atom is -0.377 e. The molecule has 1 atom stereocenters. The normalized spacial score (nSPS) is 20.9. The first kappa shape index (κ1) is 20.2. The van der Waals surface area contributed by atoms with Crippen LogP contribution in [0.15, 0.2) is 35.1 Å². The van der Waals surface area contributed by atoms with Crippen LogP contribution in [0, 0.1) is 0 Å². The molecule has 0 aliphatic carbocycles. The Morgan fingerprint density at radius 2 is 1.93 bits per heavy atom. The molecule has 30 heavy (non-hydrogen) atoms. The van der Waals surface area contributed by atoms with Crippen LogP contribution < -0.4 is 5.56 Å². The van der Waals surface area contributed by atoms with E-state index in [1.54, 1.807) is 0 Å². The third-order valence-electron chi connectivity index (χ3n) is 5.88. The van der Waals surface area contributed by atoms with E-state index in [2.05, 4.69) is 14.8 Å². The number of benzene rings is 1. The minimum absolute atomic E-state index is 0.0581. The Bertz CT molecular complexity index is 1070. The maximum Gasteiger partial charge on any atom is 0.268 e. The zero-order valence-electron chi connectivity index (χ0n) is 16.8. The van der Waals surface area contributed by atoms with Crippen LogP contribution in [-0.4, -0.2) is 65.2 Å². The van der Waals surface area contributed by atoms with Crippen LogP contribution in [0.5, 0.6) is 0 Å². The van der Waals surface area contributed by atoms with Crippen LogP contribution in [0.3, 0.4) is 0 Å². The number of ether oxygens (including phenoxy) is 1. The third-order valence-corrected chi connectivity index (χ3v) is 7.31. The summed E-state index contributed by atoms with van der Waals surface area (Å²) >= 11 is 7.46. The van der Waals surface area contributed by atoms with Gasteiger partial charge in [0.1, 0.15) is 10.5 Å². The molecule has 1 N–H and O–H groups in total. The van der Waals surface area contributed by atoms with E-state index in [-0.39, 0.29) is 5.56 Å². The molecule has 2 aromatic heterocycles. The lowest BCUT2D eigenvalue weighted by Crippen LogP contribution is -2.48. The molecule has 0 bridgehead atoms. The van der Waals surface area contributed by atoms with Crippen LogP contribution in [-0.2, 0) is 11.3 Å². The highest BCUT2D eigenvalue weighted by Crippen LogP contribution is 2.31. The molecule has 1 aromatic carbocycles. The van der Waals surface area contributed by atoms with Gasteiger partial charge in [0.25, 0.3) is 5.56 Å². The molecule has 4 heterocycles. The summed E-state index contributed by atoms with van der Waals surface area (Å²) in [6.45, 7) is 6.65. The molecule has 0 spiro atoms. The van der Waals surface area contributed by atoms with Gasteiger partial charge in [-0.1, -0.05) is 23.7 Å². The number of halogens is 1. The van der Waals surface area contributed by atoms with Crippen LogP contribution >= 0.6 is 22.9 Å². The molecule has 158 valence electrons. The van der Waals surface area contributed by atoms with E-state index in [1.807, 2.05) is 30.3 Å². The smallest absolute Gasteiger partial charge is 0.268 e. The van der Waals surface area contributed by atoms with Gasteiger partial charge >= 0.3 is 0 Å². The molecule has 0 radical (unpaired) electrons. The Balaban J connectivity index is 1.26. The predicted molar refractivity (Wildman–Crippen MR) is 121 cm³/mol. The van der Waals surface area contributed by atoms with Crippen molar-refractivity contribution >= 4 is 33.2 Å². The molecule has 0 unspecified atom stereocenters. The van der Waals surface area contributed by atoms with Crippen LogP contribution in [0.2, 0.25) is 5.02 Å². The number of fused-ring (bicyclic) bond motifs is 1. The molecule has 0 saturated carbocycles. The average Bonchev–Trinajstić information content (AvgIpc) is 3.40. The molecule has 8 heteroatoms. The summed E-state index contributed by atoms with van der Waals surface area (Å²) < 4.78 is 6.43. The Hall–Kier alpha value is -1.77. The lowest BCUT2D eigenvalue weighted by Gasteiger charge is -2.35. The zero-order valence-corrected chi connectivity index (χ0v) is 18.3. The van der Waals surface area contributed by atoms with Gasteiger partial charge in [0, 0.05) is 49.2 Å². The number of nitrogens with zero attached hydrogens (tertiary/aromatic N) is 3. The second-order valence-corrected chi connectivity index (χ2v) is 9.54. The molecule has 0 amide bonds. The number of aromatic amines is 1. The van der Waals surface area contributed by atoms with E-state index in [4.69, 9.17) is 21.3 Å². The summed E-state index contributed by atoms with van der Waals surface area (Å²) in [7, 11) is 0. The summed E-state index contributed by atoms with van der Waals surface area (Å²) in [5.74, 6) is 0.737. The van der Waals surface area contributed by atoms with Crippen molar-refractivity contribution < 1.29 is 4.74 Å². The van der Waals surface area contributed by atoms with Gasteiger partial charge in [-0.2, -0.15) is 0 Å². The van der Waals surface area contributed by atoms with E-state index in [9.17, 15) is 4.79 Å². The van der Waals surface area contributed by atoms with Gasteiger partial charge < -0.3 is 9.72 Å². The molecular weight excluding hydrogens is 420 g/mol. The first-order chi connectivity index (χ1) is 14.6. The van der Waals surface area contributed by atoms with Gasteiger partial charge in [-0.15, -0.1) is 11.3 Å². The fourth-order valence-corrected chi connectivity index (χ4v) is 5.36. The first-order valence-electron chi connectivity index (χ1n) is 10.5. The monoisotopic (exact) mass is 444 g/mol. The summed E-state index contributed by atoms with van der Waals surface area (Å²) in [5, 5.41) is 0.703. The summed E-state index contributed by atoms with van der Waals surface area (Å²) in [4.78, 5) is 26.3. The number of hydrogen-bond acceptors (Lipinski definition) is 6. The van der Waals surface area contributed by atoms with Gasteiger partial charge in [-0.3, -0.25) is 14.6 Å². The Morgan fingerprint density at radius 3 is 2.67 bits per heavy atom. The largest absolute Gasteiger partial charge is 0.377 e. The molecule has 3 aromatic rings. The maximum absolute atomic E-state index is 12.6. The number of thiophene rings is 1. The molecule has 2 fully saturated rings. The molecular formula is C22H25ClN4O2S. The van der Waals surface area contributed by atoms with Gasteiger partial charge in [-0.25, -0.2) is 4.98 Å². The van der Waals surface area contributed by atoms with Gasteiger partial charge in [0.15, 0.2) is 0 Å². The number of nitrogens with one attached hydrogen (secondary N) is 1. The highest BCUT2D eigenvalue weighted by atomic mass is 35.5. The summed E-state index contributed by atoms with van der Waals surface area (Å²) in [5.41, 5.74) is 1.75. The molecule has 2 aliphatic rings. The number of hydrogen-bond donors (Lipinski definition) is 1. The first-order valence-corrected chi connectivity index (χ1v) is 11.7. The summed E-state index contributed by atoms with van der Waals surface area (Å²) in [6.07, 6.45) is 2.78. The van der Waals surface area contributed by atoms with Gasteiger partial charge in [0.05, 0.1) is 18.2 Å². The number of H-pyrrole nitrogens is 1. The Labute approximate surface area is 184 Å². The van der Waals surface area contributed by atoms with Crippen LogP contribution in [0.1, 0.15) is 18.7 Å². The maximum atomic E-state index is 12.6. The predicted octanol–water partition coefficient (Wildman–Crippen LogP) is 3.60. The second-order valence-electron chi connectivity index (χ2n) is 8.06. The number of piperazine rings is 1. The van der Waals surface area contributed by atoms with E-state index in [0.717, 1.165) is 61.1 Å². The van der Waals surface area contributed by atoms with E-state index in [0.29, 0.717) is 22.4 Å². The lowest BCUT2D eigenvalue weighted by atomic mass is 10.2. The van der Waals surface area contributed by atoms with Crippen molar-refractivity contribution in [3.63, 3.8) is 0 Å². The van der Waals surface area contributed by atoms with Crippen molar-refractivity contribution in [3.8, 4) is 10.4 Å². The average molecular weight is 445 g/mol. The van der Waals surface area contributed by atoms with E-state index >= 15 is 0 Å². The topological polar surface area (TPSA) is 61.5 Å². The van der Waals surface area contributed by atoms with Crippen LogP contribution in [0.25, 0.3) is 20.7 Å². The highest BCUT2D eigenvalue weighted by molar-refractivity contribution is 7.22. The molecule has 6 nitrogen and oxygen atoms in total. The number of aromatic nitrogens is 2. The van der Waals surface area contributed by atoms with Crippen molar-refractivity contribution in [2.45, 2.75) is 25.5 Å². The Kier molecular flexibility index (Phi) is 5.89. The fourth-order valence-electron chi connectivity index (χ4n) is 4.24. The minimum atomic E-state index is -0.0581. The fraction of sp³-hybridized carbons (Fsp3) is 0.455. The second kappa shape index (κ2) is 8.77. The van der Waals surface area contributed by atoms with Gasteiger partial charge in [0.2, 0.25) is 0 Å².